The number of carbonyl (C=O) groups is 4. The van der Waals surface area contributed by atoms with Crippen molar-refractivity contribution in [1.82, 2.24) is 0 Å². The molecule has 0 fully saturated rings. The van der Waals surface area contributed by atoms with Gasteiger partial charge < -0.3 is 30.3 Å². The number of aryl methyl sites for hydroxylation is 2. The van der Waals surface area contributed by atoms with Crippen molar-refractivity contribution < 1.29 is 38.9 Å². The molecule has 0 aromatic heterocycles. The second-order valence-electron chi connectivity index (χ2n) is 13.9. The number of fused-ring (bicyclic) bond motifs is 2. The summed E-state index contributed by atoms with van der Waals surface area (Å²) in [7, 11) is 2.58. The van der Waals surface area contributed by atoms with E-state index in [1.807, 2.05) is 13.8 Å². The highest BCUT2D eigenvalue weighted by atomic mass is 16.5. The van der Waals surface area contributed by atoms with E-state index in [2.05, 4.69) is 31.1 Å². The van der Waals surface area contributed by atoms with Crippen LogP contribution in [0.2, 0.25) is 0 Å². The number of benzene rings is 7. The van der Waals surface area contributed by atoms with Gasteiger partial charge in [0, 0.05) is 22.1 Å². The fourth-order valence-corrected chi connectivity index (χ4v) is 6.85. The number of anilines is 2. The quantitative estimate of drug-likeness (QED) is 0.0688. The second-order valence-corrected chi connectivity index (χ2v) is 13.9. The van der Waals surface area contributed by atoms with Gasteiger partial charge in [0.2, 0.25) is 0 Å². The van der Waals surface area contributed by atoms with Crippen LogP contribution in [0.3, 0.4) is 0 Å². The molecule has 0 unspecified atom stereocenters. The van der Waals surface area contributed by atoms with Crippen LogP contribution in [0.1, 0.15) is 66.4 Å². The molecule has 14 nitrogen and oxygen atoms in total. The number of hydrogen-bond acceptors (Lipinski definition) is 12. The van der Waals surface area contributed by atoms with E-state index < -0.39 is 23.8 Å². The molecule has 0 radical (unpaired) electrons. The van der Waals surface area contributed by atoms with Gasteiger partial charge >= 0.3 is 11.9 Å². The van der Waals surface area contributed by atoms with Gasteiger partial charge in [0.1, 0.15) is 11.4 Å². The first-order valence-corrected chi connectivity index (χ1v) is 19.5. The fraction of sp³-hybridized carbons (Fsp3) is 0.125. The zero-order valence-electron chi connectivity index (χ0n) is 34.1. The number of phenols is 2. The molecular formula is C48H40N6O8. The summed E-state index contributed by atoms with van der Waals surface area (Å²) < 4.78 is 9.51. The second kappa shape index (κ2) is 18.3. The van der Waals surface area contributed by atoms with Crippen LogP contribution in [0.15, 0.2) is 142 Å². The van der Waals surface area contributed by atoms with Crippen LogP contribution >= 0.6 is 0 Å². The van der Waals surface area contributed by atoms with E-state index in [4.69, 9.17) is 9.47 Å². The zero-order chi connectivity index (χ0) is 43.9. The van der Waals surface area contributed by atoms with Crippen molar-refractivity contribution in [3.63, 3.8) is 0 Å². The number of azo groups is 2. The third-order valence-electron chi connectivity index (χ3n) is 10.2. The molecule has 14 heteroatoms. The Morgan fingerprint density at radius 2 is 0.887 bits per heavy atom. The van der Waals surface area contributed by atoms with Crippen LogP contribution in [0.4, 0.5) is 34.1 Å². The number of nitrogens with zero attached hydrogens (tertiary/aromatic N) is 4. The summed E-state index contributed by atoms with van der Waals surface area (Å²) in [6, 6.07) is 33.5. The maximum absolute atomic E-state index is 14.0. The molecule has 0 bridgehead atoms. The Hall–Kier alpha value is -8.26. The molecular weight excluding hydrogens is 789 g/mol. The number of esters is 2. The van der Waals surface area contributed by atoms with Crippen molar-refractivity contribution in [2.45, 2.75) is 26.7 Å². The summed E-state index contributed by atoms with van der Waals surface area (Å²) in [5.74, 6) is -2.93. The lowest BCUT2D eigenvalue weighted by Crippen LogP contribution is -2.16. The van der Waals surface area contributed by atoms with E-state index in [0.717, 1.165) is 0 Å². The number of amides is 2. The molecule has 62 heavy (non-hydrogen) atoms. The maximum atomic E-state index is 14.0. The van der Waals surface area contributed by atoms with Gasteiger partial charge in [-0.2, -0.15) is 10.2 Å². The topological polar surface area (TPSA) is 201 Å². The van der Waals surface area contributed by atoms with E-state index in [9.17, 15) is 29.4 Å². The fourth-order valence-electron chi connectivity index (χ4n) is 6.85. The van der Waals surface area contributed by atoms with Gasteiger partial charge in [0.05, 0.1) is 47.8 Å². The Balaban J connectivity index is 1.17. The molecule has 0 aliphatic heterocycles. The minimum absolute atomic E-state index is 0.0332. The Bertz CT molecular complexity index is 2740. The molecule has 0 heterocycles. The van der Waals surface area contributed by atoms with Crippen molar-refractivity contribution in [3.8, 4) is 11.5 Å². The first-order chi connectivity index (χ1) is 30.0. The van der Waals surface area contributed by atoms with Crippen molar-refractivity contribution in [2.24, 2.45) is 20.5 Å². The Kier molecular flexibility index (Phi) is 12.4. The smallest absolute Gasteiger partial charge is 0.337 e. The molecule has 0 spiro atoms. The van der Waals surface area contributed by atoms with E-state index in [1.165, 1.54) is 14.2 Å². The lowest BCUT2D eigenvalue weighted by Gasteiger charge is -2.18. The average molecular weight is 829 g/mol. The summed E-state index contributed by atoms with van der Waals surface area (Å²) in [6.45, 7) is 3.81. The number of aromatic hydroxyl groups is 2. The van der Waals surface area contributed by atoms with Crippen LogP contribution in [-0.2, 0) is 22.3 Å². The van der Waals surface area contributed by atoms with Gasteiger partial charge in [-0.15, -0.1) is 10.2 Å². The van der Waals surface area contributed by atoms with Gasteiger partial charge in [0.25, 0.3) is 11.8 Å². The lowest BCUT2D eigenvalue weighted by molar-refractivity contribution is 0.0592. The molecule has 7 aromatic rings. The molecule has 0 aliphatic carbocycles. The van der Waals surface area contributed by atoms with Gasteiger partial charge in [-0.1, -0.05) is 62.4 Å². The number of nitrogens with one attached hydrogen (secondary N) is 2. The first kappa shape index (κ1) is 41.9. The predicted octanol–water partition coefficient (Wildman–Crippen LogP) is 11.4. The molecule has 0 aliphatic rings. The molecule has 0 saturated carbocycles. The lowest BCUT2D eigenvalue weighted by atomic mass is 10.00. The van der Waals surface area contributed by atoms with Crippen molar-refractivity contribution in [3.05, 3.63) is 155 Å². The third kappa shape index (κ3) is 8.70. The number of phenolic OH excluding ortho intramolecular Hbond substituents is 2. The zero-order valence-corrected chi connectivity index (χ0v) is 34.1. The van der Waals surface area contributed by atoms with Gasteiger partial charge in [-0.3, -0.25) is 9.59 Å². The predicted molar refractivity (Wildman–Crippen MR) is 236 cm³/mol. The summed E-state index contributed by atoms with van der Waals surface area (Å²) in [5, 5.41) is 48.5. The highest BCUT2D eigenvalue weighted by Gasteiger charge is 2.23. The SMILES string of the molecule is CCc1cc(NC(=O)c2cc3ccccc3c(N=Nc3ccc(C(=O)OC)cc3)c2O)c(CC)cc1NC(=O)c1cc2ccccc2c(N=Nc2ccc(C(=O)OC)cc2)c1O. The minimum atomic E-state index is -0.595. The van der Waals surface area contributed by atoms with Crippen LogP contribution < -0.4 is 10.6 Å². The van der Waals surface area contributed by atoms with Gasteiger partial charge in [0.15, 0.2) is 11.5 Å². The summed E-state index contributed by atoms with van der Waals surface area (Å²) in [5.41, 5.74) is 3.94. The molecule has 0 saturated heterocycles. The highest BCUT2D eigenvalue weighted by molar-refractivity contribution is 6.14. The Morgan fingerprint density at radius 1 is 0.516 bits per heavy atom. The average Bonchev–Trinajstić information content (AvgIpc) is 3.30. The number of hydrogen-bond donors (Lipinski definition) is 4. The molecule has 310 valence electrons. The van der Waals surface area contributed by atoms with Crippen LogP contribution in [0.5, 0.6) is 11.5 Å². The van der Waals surface area contributed by atoms with Gasteiger partial charge in [-0.05, 0) is 108 Å². The van der Waals surface area contributed by atoms with Crippen LogP contribution in [-0.4, -0.2) is 48.2 Å². The normalized spacial score (nSPS) is 11.3. The highest BCUT2D eigenvalue weighted by Crippen LogP contribution is 2.42. The van der Waals surface area contributed by atoms with E-state index >= 15 is 0 Å². The number of rotatable bonds is 12. The van der Waals surface area contributed by atoms with E-state index in [0.29, 0.717) is 79.4 Å². The van der Waals surface area contributed by atoms with Crippen molar-refractivity contribution in [2.75, 3.05) is 24.9 Å². The molecule has 4 N–H and O–H groups in total. The monoisotopic (exact) mass is 828 g/mol. The first-order valence-electron chi connectivity index (χ1n) is 19.5. The van der Waals surface area contributed by atoms with Crippen LogP contribution in [0, 0.1) is 0 Å². The summed E-state index contributed by atoms with van der Waals surface area (Å²) in [4.78, 5) is 51.7. The maximum Gasteiger partial charge on any atom is 0.337 e. The summed E-state index contributed by atoms with van der Waals surface area (Å²) in [6.07, 6.45) is 0.930. The summed E-state index contributed by atoms with van der Waals surface area (Å²) >= 11 is 0. The minimum Gasteiger partial charge on any atom is -0.505 e. The molecule has 0 atom stereocenters. The number of ether oxygens (including phenoxy) is 2. The number of carbonyl (C=O) groups excluding carboxylic acids is 4. The largest absolute Gasteiger partial charge is 0.505 e. The third-order valence-corrected chi connectivity index (χ3v) is 10.2. The van der Waals surface area contributed by atoms with Crippen molar-refractivity contribution in [1.29, 1.82) is 0 Å². The molecule has 7 aromatic carbocycles. The van der Waals surface area contributed by atoms with Gasteiger partial charge in [-0.25, -0.2) is 9.59 Å². The Labute approximate surface area is 355 Å². The standard InChI is InChI=1S/C48H40N6O8/c1-5-27-25-40(50-46(58)38-24-32-12-8-10-14-36(32)42(44(38)56)54-52-34-21-17-30(18-22-34)48(60)62-4)28(6-2)26-39(27)49-45(57)37-23-31-11-7-9-13-35(31)41(43(37)55)53-51-33-19-15-29(16-20-33)47(59)61-3/h7-26,55-56H,5-6H2,1-4H3,(H,49,57)(H,50,58). The van der Waals surface area contributed by atoms with E-state index in [-0.39, 0.29) is 34.0 Å². The molecule has 7 rings (SSSR count). The molecule has 2 amide bonds. The van der Waals surface area contributed by atoms with E-state index in [1.54, 1.807) is 121 Å². The van der Waals surface area contributed by atoms with Crippen LogP contribution in [0.25, 0.3) is 21.5 Å². The Morgan fingerprint density at radius 3 is 1.24 bits per heavy atom. The van der Waals surface area contributed by atoms with Crippen molar-refractivity contribution >= 4 is 79.4 Å². The number of methoxy groups -OCH3 is 2.